The molecule has 0 saturated carbocycles. The van der Waals surface area contributed by atoms with Gasteiger partial charge in [-0.3, -0.25) is 9.69 Å². The first-order valence-corrected chi connectivity index (χ1v) is 15.2. The van der Waals surface area contributed by atoms with Gasteiger partial charge in [-0.2, -0.15) is 26.3 Å². The van der Waals surface area contributed by atoms with Crippen molar-refractivity contribution in [1.29, 1.82) is 0 Å². The predicted molar refractivity (Wildman–Crippen MR) is 159 cm³/mol. The SMILES string of the molecule is O=C(c1cc(C(F)(F)F)cc(C(F)(F)F)c1)N1CCN(CCCC2(c3ccc(F)cc3)OCCO2)C[C@H]1Cc1c[nH]c2ccccc12. The summed E-state index contributed by atoms with van der Waals surface area (Å²) in [5, 5.41) is 0.909. The molecule has 3 aromatic carbocycles. The third-order valence-electron chi connectivity index (χ3n) is 8.81. The average molecular weight is 664 g/mol. The van der Waals surface area contributed by atoms with Crippen LogP contribution in [0.2, 0.25) is 0 Å². The van der Waals surface area contributed by atoms with Crippen LogP contribution in [0.3, 0.4) is 0 Å². The number of rotatable bonds is 8. The Balaban J connectivity index is 1.24. The molecule has 2 fully saturated rings. The molecule has 47 heavy (non-hydrogen) atoms. The second-order valence-corrected chi connectivity index (χ2v) is 11.9. The number of ether oxygens (including phenoxy) is 2. The summed E-state index contributed by atoms with van der Waals surface area (Å²) in [7, 11) is 0. The number of para-hydroxylation sites is 1. The van der Waals surface area contributed by atoms with Gasteiger partial charge in [0.05, 0.1) is 24.3 Å². The van der Waals surface area contributed by atoms with Crippen molar-refractivity contribution in [1.82, 2.24) is 14.8 Å². The van der Waals surface area contributed by atoms with E-state index in [2.05, 4.69) is 9.88 Å². The number of nitrogens with one attached hydrogen (secondary N) is 1. The average Bonchev–Trinajstić information content (AvgIpc) is 3.68. The number of fused-ring (bicyclic) bond motifs is 1. The number of amides is 1. The van der Waals surface area contributed by atoms with Crippen LogP contribution in [-0.4, -0.2) is 66.1 Å². The van der Waals surface area contributed by atoms with Gasteiger partial charge in [-0.15, -0.1) is 0 Å². The summed E-state index contributed by atoms with van der Waals surface area (Å²) in [6.07, 6.45) is -6.95. The molecule has 4 aromatic rings. The van der Waals surface area contributed by atoms with E-state index in [-0.39, 0.29) is 18.4 Å². The maximum Gasteiger partial charge on any atom is 0.416 e. The van der Waals surface area contributed by atoms with Gasteiger partial charge in [0.15, 0.2) is 5.79 Å². The summed E-state index contributed by atoms with van der Waals surface area (Å²) in [6, 6.07) is 13.9. The number of piperazine rings is 1. The number of aromatic amines is 1. The molecule has 3 heterocycles. The van der Waals surface area contributed by atoms with Gasteiger partial charge in [0, 0.05) is 60.3 Å². The van der Waals surface area contributed by atoms with Gasteiger partial charge in [-0.1, -0.05) is 30.3 Å². The summed E-state index contributed by atoms with van der Waals surface area (Å²) in [5.74, 6) is -2.29. The fourth-order valence-electron chi connectivity index (χ4n) is 6.51. The monoisotopic (exact) mass is 663 g/mol. The number of benzene rings is 3. The number of aromatic nitrogens is 1. The van der Waals surface area contributed by atoms with Crippen molar-refractivity contribution in [2.24, 2.45) is 0 Å². The highest BCUT2D eigenvalue weighted by Crippen LogP contribution is 2.38. The van der Waals surface area contributed by atoms with Crippen molar-refractivity contribution >= 4 is 16.8 Å². The maximum absolute atomic E-state index is 13.8. The molecular formula is C34H32F7N3O3. The molecule has 0 spiro atoms. The van der Waals surface area contributed by atoms with Crippen LogP contribution in [0.5, 0.6) is 0 Å². The Morgan fingerprint density at radius 1 is 0.894 bits per heavy atom. The van der Waals surface area contributed by atoms with Crippen molar-refractivity contribution in [2.75, 3.05) is 39.4 Å². The first-order valence-electron chi connectivity index (χ1n) is 15.2. The van der Waals surface area contributed by atoms with Crippen LogP contribution in [0.15, 0.2) is 72.9 Å². The minimum absolute atomic E-state index is 0.0224. The zero-order chi connectivity index (χ0) is 33.4. The molecule has 6 rings (SSSR count). The van der Waals surface area contributed by atoms with E-state index in [0.29, 0.717) is 69.8 Å². The van der Waals surface area contributed by atoms with Crippen LogP contribution in [0, 0.1) is 5.82 Å². The molecule has 2 saturated heterocycles. The van der Waals surface area contributed by atoms with Gasteiger partial charge in [0.2, 0.25) is 0 Å². The Morgan fingerprint density at radius 3 is 2.21 bits per heavy atom. The van der Waals surface area contributed by atoms with Crippen molar-refractivity contribution in [3.05, 3.63) is 107 Å². The van der Waals surface area contributed by atoms with Crippen molar-refractivity contribution in [3.63, 3.8) is 0 Å². The summed E-state index contributed by atoms with van der Waals surface area (Å²) in [5.41, 5.74) is -1.30. The topological polar surface area (TPSA) is 57.8 Å². The van der Waals surface area contributed by atoms with Crippen LogP contribution >= 0.6 is 0 Å². The Hall–Kier alpha value is -3.94. The lowest BCUT2D eigenvalue weighted by Gasteiger charge is -2.42. The molecule has 1 N–H and O–H groups in total. The van der Waals surface area contributed by atoms with E-state index < -0.39 is 46.8 Å². The molecule has 1 amide bonds. The summed E-state index contributed by atoms with van der Waals surface area (Å²) in [4.78, 5) is 20.5. The normalized spacial score (nSPS) is 19.0. The van der Waals surface area contributed by atoms with Gasteiger partial charge in [0.25, 0.3) is 5.91 Å². The Kier molecular flexibility index (Phi) is 9.07. The Bertz CT molecular complexity index is 1680. The third-order valence-corrected chi connectivity index (χ3v) is 8.81. The molecule has 0 radical (unpaired) electrons. The van der Waals surface area contributed by atoms with E-state index >= 15 is 0 Å². The lowest BCUT2D eigenvalue weighted by Crippen LogP contribution is -2.56. The third kappa shape index (κ3) is 7.16. The highest BCUT2D eigenvalue weighted by atomic mass is 19.4. The minimum Gasteiger partial charge on any atom is -0.361 e. The lowest BCUT2D eigenvalue weighted by molar-refractivity contribution is -0.172. The van der Waals surface area contributed by atoms with E-state index in [9.17, 15) is 35.5 Å². The molecule has 250 valence electrons. The molecule has 0 aliphatic carbocycles. The number of alkyl halides is 6. The number of hydrogen-bond donors (Lipinski definition) is 1. The van der Waals surface area contributed by atoms with Crippen LogP contribution < -0.4 is 0 Å². The molecule has 0 bridgehead atoms. The number of carbonyl (C=O) groups excluding carboxylic acids is 1. The van der Waals surface area contributed by atoms with E-state index in [1.807, 2.05) is 24.3 Å². The minimum atomic E-state index is -5.07. The molecule has 1 atom stereocenters. The van der Waals surface area contributed by atoms with E-state index in [1.54, 1.807) is 18.3 Å². The summed E-state index contributed by atoms with van der Waals surface area (Å²) >= 11 is 0. The fourth-order valence-corrected chi connectivity index (χ4v) is 6.51. The van der Waals surface area contributed by atoms with Gasteiger partial charge >= 0.3 is 12.4 Å². The Labute approximate surface area is 266 Å². The van der Waals surface area contributed by atoms with E-state index in [0.717, 1.165) is 16.5 Å². The first kappa shape index (κ1) is 33.0. The maximum atomic E-state index is 13.8. The lowest BCUT2D eigenvalue weighted by atomic mass is 9.98. The van der Waals surface area contributed by atoms with Crippen LogP contribution in [0.25, 0.3) is 10.9 Å². The van der Waals surface area contributed by atoms with Crippen molar-refractivity contribution in [3.8, 4) is 0 Å². The smallest absolute Gasteiger partial charge is 0.361 e. The van der Waals surface area contributed by atoms with Crippen LogP contribution in [-0.2, 0) is 34.0 Å². The van der Waals surface area contributed by atoms with Gasteiger partial charge < -0.3 is 19.4 Å². The standard InChI is InChI=1S/C34H32F7N3O3/c35-27-8-6-24(7-9-27)32(46-14-15-47-32)10-3-11-43-12-13-44(28(21-43)18-23-20-42-30-5-2-1-4-29(23)30)31(45)22-16-25(33(36,37)38)19-26(17-22)34(39,40)41/h1-2,4-9,16-17,19-20,28,42H,3,10-15,18,21H2/t28-/m1/s1. The number of nitrogens with zero attached hydrogens (tertiary/aromatic N) is 2. The molecule has 1 aromatic heterocycles. The van der Waals surface area contributed by atoms with Crippen molar-refractivity contribution in [2.45, 2.75) is 43.4 Å². The number of carbonyl (C=O) groups is 1. The quantitative estimate of drug-likeness (QED) is 0.200. The zero-order valence-corrected chi connectivity index (χ0v) is 25.1. The largest absolute Gasteiger partial charge is 0.416 e. The second kappa shape index (κ2) is 12.9. The number of H-pyrrole nitrogens is 1. The first-order chi connectivity index (χ1) is 22.3. The van der Waals surface area contributed by atoms with Gasteiger partial charge in [-0.05, 0) is 61.3 Å². The Morgan fingerprint density at radius 2 is 1.55 bits per heavy atom. The van der Waals surface area contributed by atoms with E-state index in [4.69, 9.17) is 9.47 Å². The van der Waals surface area contributed by atoms with E-state index in [1.165, 1.54) is 17.0 Å². The molecule has 2 aliphatic rings. The zero-order valence-electron chi connectivity index (χ0n) is 25.1. The van der Waals surface area contributed by atoms with Crippen LogP contribution in [0.4, 0.5) is 30.7 Å². The molecule has 2 aliphatic heterocycles. The van der Waals surface area contributed by atoms with Gasteiger partial charge in [0.1, 0.15) is 5.82 Å². The molecule has 13 heteroatoms. The van der Waals surface area contributed by atoms with Gasteiger partial charge in [-0.25, -0.2) is 4.39 Å². The summed E-state index contributed by atoms with van der Waals surface area (Å²) < 4.78 is 107. The fraction of sp³-hybridized carbons (Fsp3) is 0.382. The molecular weight excluding hydrogens is 631 g/mol. The highest BCUT2D eigenvalue weighted by molar-refractivity contribution is 5.95. The summed E-state index contributed by atoms with van der Waals surface area (Å²) in [6.45, 7) is 2.12. The highest BCUT2D eigenvalue weighted by Gasteiger charge is 2.41. The van der Waals surface area contributed by atoms with Crippen molar-refractivity contribution < 1.29 is 45.0 Å². The number of halogens is 7. The number of hydrogen-bond acceptors (Lipinski definition) is 4. The molecule has 0 unspecified atom stereocenters. The second-order valence-electron chi connectivity index (χ2n) is 11.9. The molecule has 6 nitrogen and oxygen atoms in total. The predicted octanol–water partition coefficient (Wildman–Crippen LogP) is 7.39. The van der Waals surface area contributed by atoms with Crippen LogP contribution in [0.1, 0.15) is 45.5 Å².